The van der Waals surface area contributed by atoms with Crippen LogP contribution in [0.25, 0.3) is 10.9 Å². The maximum atomic E-state index is 10.1. The summed E-state index contributed by atoms with van der Waals surface area (Å²) in [5.74, 6) is 0.953. The molecule has 0 amide bonds. The van der Waals surface area contributed by atoms with Gasteiger partial charge in [0.15, 0.2) is 0 Å². The molecular formula is C24H31ClN6O2. The number of fused-ring (bicyclic) bond motifs is 1. The van der Waals surface area contributed by atoms with Crippen molar-refractivity contribution >= 4 is 34.1 Å². The van der Waals surface area contributed by atoms with E-state index in [9.17, 15) is 5.11 Å². The second kappa shape index (κ2) is 8.83. The van der Waals surface area contributed by atoms with Crippen molar-refractivity contribution in [3.63, 3.8) is 0 Å². The number of anilines is 2. The SMILES string of the molecule is Cc1c(Nc2ncc3cc(Cl)c(C4CCN(C5COC5)CC4)cc3n2)cnn1CC(C)(C)O. The number of piperidine rings is 1. The molecule has 2 N–H and O–H groups in total. The molecule has 0 atom stereocenters. The first-order valence-corrected chi connectivity index (χ1v) is 11.9. The number of hydrogen-bond donors (Lipinski definition) is 2. The van der Waals surface area contributed by atoms with Crippen LogP contribution in [-0.2, 0) is 11.3 Å². The van der Waals surface area contributed by atoms with Gasteiger partial charge < -0.3 is 15.2 Å². The lowest BCUT2D eigenvalue weighted by molar-refractivity contribution is -0.0712. The van der Waals surface area contributed by atoms with Crippen LogP contribution in [0.4, 0.5) is 11.6 Å². The van der Waals surface area contributed by atoms with Crippen LogP contribution in [0.3, 0.4) is 0 Å². The van der Waals surface area contributed by atoms with Crippen LogP contribution in [-0.4, -0.2) is 67.7 Å². The van der Waals surface area contributed by atoms with Crippen molar-refractivity contribution < 1.29 is 9.84 Å². The third-order valence-electron chi connectivity index (χ3n) is 6.69. The highest BCUT2D eigenvalue weighted by Crippen LogP contribution is 2.36. The summed E-state index contributed by atoms with van der Waals surface area (Å²) in [5.41, 5.74) is 2.95. The molecule has 2 saturated heterocycles. The zero-order valence-electron chi connectivity index (χ0n) is 19.4. The number of aliphatic hydroxyl groups is 1. The van der Waals surface area contributed by atoms with Crippen molar-refractivity contribution in [3.8, 4) is 0 Å². The summed E-state index contributed by atoms with van der Waals surface area (Å²) >= 11 is 6.68. The van der Waals surface area contributed by atoms with E-state index in [1.165, 1.54) is 5.56 Å². The fourth-order valence-corrected chi connectivity index (χ4v) is 4.99. The van der Waals surface area contributed by atoms with Gasteiger partial charge in [-0.1, -0.05) is 11.6 Å². The summed E-state index contributed by atoms with van der Waals surface area (Å²) in [4.78, 5) is 11.8. The summed E-state index contributed by atoms with van der Waals surface area (Å²) in [6, 6.07) is 4.70. The van der Waals surface area contributed by atoms with Gasteiger partial charge in [-0.2, -0.15) is 5.10 Å². The molecule has 1 aromatic carbocycles. The summed E-state index contributed by atoms with van der Waals surface area (Å²) in [6.07, 6.45) is 5.73. The Kier molecular flexibility index (Phi) is 6.03. The minimum Gasteiger partial charge on any atom is -0.389 e. The molecule has 176 valence electrons. The molecule has 0 unspecified atom stereocenters. The average molecular weight is 471 g/mol. The smallest absolute Gasteiger partial charge is 0.227 e. The molecule has 9 heteroatoms. The zero-order valence-corrected chi connectivity index (χ0v) is 20.1. The van der Waals surface area contributed by atoms with Crippen LogP contribution < -0.4 is 5.32 Å². The number of likely N-dealkylation sites (tertiary alicyclic amines) is 1. The van der Waals surface area contributed by atoms with E-state index < -0.39 is 5.60 Å². The molecule has 2 aliphatic heterocycles. The van der Waals surface area contributed by atoms with Crippen LogP contribution in [0.1, 0.15) is 43.9 Å². The number of ether oxygens (including phenoxy) is 1. The van der Waals surface area contributed by atoms with Gasteiger partial charge in [-0.15, -0.1) is 0 Å². The molecule has 4 heterocycles. The molecule has 0 radical (unpaired) electrons. The second-order valence-corrected chi connectivity index (χ2v) is 10.3. The van der Waals surface area contributed by atoms with Crippen LogP contribution in [0.5, 0.6) is 0 Å². The summed E-state index contributed by atoms with van der Waals surface area (Å²) in [7, 11) is 0. The van der Waals surface area contributed by atoms with Crippen LogP contribution >= 0.6 is 11.6 Å². The van der Waals surface area contributed by atoms with Gasteiger partial charge in [-0.05, 0) is 70.3 Å². The molecule has 0 saturated carbocycles. The van der Waals surface area contributed by atoms with E-state index in [0.29, 0.717) is 24.5 Å². The molecule has 3 aromatic rings. The van der Waals surface area contributed by atoms with E-state index in [-0.39, 0.29) is 0 Å². The van der Waals surface area contributed by atoms with Crippen molar-refractivity contribution in [2.24, 2.45) is 0 Å². The van der Waals surface area contributed by atoms with E-state index in [1.54, 1.807) is 30.9 Å². The van der Waals surface area contributed by atoms with E-state index in [1.807, 2.05) is 13.0 Å². The molecule has 0 bridgehead atoms. The Labute approximate surface area is 198 Å². The van der Waals surface area contributed by atoms with E-state index in [4.69, 9.17) is 21.3 Å². The quantitative estimate of drug-likeness (QED) is 0.565. The van der Waals surface area contributed by atoms with Gasteiger partial charge in [0.2, 0.25) is 5.95 Å². The highest BCUT2D eigenvalue weighted by molar-refractivity contribution is 6.32. The Bertz CT molecular complexity index is 1150. The number of aromatic nitrogens is 4. The number of halogens is 1. The lowest BCUT2D eigenvalue weighted by Gasteiger charge is -2.41. The second-order valence-electron chi connectivity index (χ2n) is 9.87. The van der Waals surface area contributed by atoms with Crippen molar-refractivity contribution in [2.45, 2.75) is 57.7 Å². The third-order valence-corrected chi connectivity index (χ3v) is 7.02. The van der Waals surface area contributed by atoms with E-state index >= 15 is 0 Å². The van der Waals surface area contributed by atoms with Gasteiger partial charge in [0, 0.05) is 16.6 Å². The van der Waals surface area contributed by atoms with Crippen molar-refractivity contribution in [1.82, 2.24) is 24.6 Å². The number of rotatable bonds is 6. The normalized spacial score (nSPS) is 18.6. The molecule has 8 nitrogen and oxygen atoms in total. The Morgan fingerprint density at radius 1 is 1.21 bits per heavy atom. The molecular weight excluding hydrogens is 440 g/mol. The van der Waals surface area contributed by atoms with Gasteiger partial charge in [0.25, 0.3) is 0 Å². The van der Waals surface area contributed by atoms with Gasteiger partial charge in [0.1, 0.15) is 0 Å². The Hall–Kier alpha value is -2.26. The Morgan fingerprint density at radius 3 is 2.64 bits per heavy atom. The Morgan fingerprint density at radius 2 is 1.97 bits per heavy atom. The monoisotopic (exact) mass is 470 g/mol. The maximum absolute atomic E-state index is 10.1. The predicted octanol–water partition coefficient (Wildman–Crippen LogP) is 3.88. The maximum Gasteiger partial charge on any atom is 0.227 e. The van der Waals surface area contributed by atoms with Crippen molar-refractivity contribution in [3.05, 3.63) is 40.8 Å². The molecule has 5 rings (SSSR count). The fraction of sp³-hybridized carbons (Fsp3) is 0.542. The predicted molar refractivity (Wildman–Crippen MR) is 129 cm³/mol. The first kappa shape index (κ1) is 22.5. The third kappa shape index (κ3) is 4.84. The molecule has 0 aliphatic carbocycles. The molecule has 2 fully saturated rings. The summed E-state index contributed by atoms with van der Waals surface area (Å²) in [5, 5.41) is 19.5. The number of hydrogen-bond acceptors (Lipinski definition) is 7. The largest absolute Gasteiger partial charge is 0.389 e. The molecule has 0 spiro atoms. The highest BCUT2D eigenvalue weighted by Gasteiger charge is 2.30. The van der Waals surface area contributed by atoms with E-state index in [0.717, 1.165) is 66.5 Å². The van der Waals surface area contributed by atoms with Crippen LogP contribution in [0.2, 0.25) is 5.02 Å². The topological polar surface area (TPSA) is 88.3 Å². The fourth-order valence-electron chi connectivity index (χ4n) is 4.67. The molecule has 2 aliphatic rings. The summed E-state index contributed by atoms with van der Waals surface area (Å²) < 4.78 is 7.13. The van der Waals surface area contributed by atoms with Crippen molar-refractivity contribution in [1.29, 1.82) is 0 Å². The minimum atomic E-state index is -0.842. The van der Waals surface area contributed by atoms with Gasteiger partial charge in [0.05, 0.1) is 54.5 Å². The minimum absolute atomic E-state index is 0.410. The zero-order chi connectivity index (χ0) is 23.2. The lowest BCUT2D eigenvalue weighted by atomic mass is 9.88. The highest BCUT2D eigenvalue weighted by atomic mass is 35.5. The van der Waals surface area contributed by atoms with E-state index in [2.05, 4.69) is 26.4 Å². The lowest BCUT2D eigenvalue weighted by Crippen LogP contribution is -2.51. The van der Waals surface area contributed by atoms with Crippen LogP contribution in [0, 0.1) is 6.92 Å². The van der Waals surface area contributed by atoms with Gasteiger partial charge in [-0.3, -0.25) is 9.58 Å². The standard InChI is InChI=1S/C24H31ClN6O2/c1-15-22(11-27-31(15)14-24(2,3)32)29-23-26-10-17-8-20(25)19(9-21(17)28-23)16-4-6-30(7-5-16)18-12-33-13-18/h8-11,16,18,32H,4-7,12-14H2,1-3H3,(H,26,28,29). The number of nitrogens with one attached hydrogen (secondary N) is 1. The van der Waals surface area contributed by atoms with Gasteiger partial charge >= 0.3 is 0 Å². The molecule has 33 heavy (non-hydrogen) atoms. The first-order chi connectivity index (χ1) is 15.8. The van der Waals surface area contributed by atoms with Gasteiger partial charge in [-0.25, -0.2) is 9.97 Å². The van der Waals surface area contributed by atoms with Crippen molar-refractivity contribution in [2.75, 3.05) is 31.6 Å². The van der Waals surface area contributed by atoms with Crippen LogP contribution in [0.15, 0.2) is 24.5 Å². The first-order valence-electron chi connectivity index (χ1n) is 11.6. The average Bonchev–Trinajstić information content (AvgIpc) is 3.05. The number of benzene rings is 1. The Balaban J connectivity index is 1.34. The molecule has 2 aromatic heterocycles. The number of nitrogens with zero attached hydrogens (tertiary/aromatic N) is 5. The summed E-state index contributed by atoms with van der Waals surface area (Å²) in [6.45, 7) is 9.79.